The number of esters is 1. The largest absolute Gasteiger partial charge is 0.494 e. The highest BCUT2D eigenvalue weighted by atomic mass is 16.5. The van der Waals surface area contributed by atoms with Crippen LogP contribution in [0.3, 0.4) is 0 Å². The van der Waals surface area contributed by atoms with Crippen molar-refractivity contribution in [3.05, 3.63) is 53.6 Å². The second-order valence-corrected chi connectivity index (χ2v) is 8.14. The Kier molecular flexibility index (Phi) is 8.74. The van der Waals surface area contributed by atoms with Gasteiger partial charge in [0.2, 0.25) is 11.9 Å². The van der Waals surface area contributed by atoms with Gasteiger partial charge >= 0.3 is 12.0 Å². The molecule has 10 nitrogen and oxygen atoms in total. The van der Waals surface area contributed by atoms with Crippen molar-refractivity contribution in [2.24, 2.45) is 0 Å². The van der Waals surface area contributed by atoms with Crippen LogP contribution in [-0.4, -0.2) is 47.9 Å². The predicted octanol–water partition coefficient (Wildman–Crippen LogP) is 4.74. The van der Waals surface area contributed by atoms with E-state index in [0.29, 0.717) is 55.3 Å². The van der Waals surface area contributed by atoms with Gasteiger partial charge in [-0.1, -0.05) is 12.1 Å². The molecule has 190 valence electrons. The van der Waals surface area contributed by atoms with Crippen LogP contribution in [0.4, 0.5) is 17.6 Å². The maximum atomic E-state index is 12.3. The van der Waals surface area contributed by atoms with Gasteiger partial charge in [0.25, 0.3) is 0 Å². The van der Waals surface area contributed by atoms with E-state index < -0.39 is 5.97 Å². The fourth-order valence-corrected chi connectivity index (χ4v) is 3.67. The van der Waals surface area contributed by atoms with Gasteiger partial charge in [-0.15, -0.1) is 0 Å². The second-order valence-electron chi connectivity index (χ2n) is 8.14. The third-order valence-corrected chi connectivity index (χ3v) is 5.45. The van der Waals surface area contributed by atoms with Crippen molar-refractivity contribution in [1.82, 2.24) is 15.0 Å². The van der Waals surface area contributed by atoms with Crippen LogP contribution in [0, 0.1) is 0 Å². The lowest BCUT2D eigenvalue weighted by atomic mass is 10.1. The minimum absolute atomic E-state index is 0.194. The van der Waals surface area contributed by atoms with Gasteiger partial charge in [-0.3, -0.25) is 0 Å². The number of carbonyl (C=O) groups excluding carboxylic acids is 1. The van der Waals surface area contributed by atoms with E-state index in [2.05, 4.69) is 25.6 Å². The standard InChI is InChI=1S/C26H31N5O5/c1-3-34-26-30-24-27-17-18-9-8-10-20(15-18)35-13-6-4-5-7-14-36-22-16-19(28-25(29-24)31-26)11-12-21(22)23(32)33-2/h8-12,15-16H,3-7,13-14,17H2,1-2H3,(H2,27,28,29,30,31). The van der Waals surface area contributed by atoms with Gasteiger partial charge in [0.15, 0.2) is 0 Å². The number of hydrogen-bond acceptors (Lipinski definition) is 10. The van der Waals surface area contributed by atoms with Crippen LogP contribution in [0.25, 0.3) is 0 Å². The highest BCUT2D eigenvalue weighted by molar-refractivity contribution is 5.93. The lowest BCUT2D eigenvalue weighted by Crippen LogP contribution is -2.10. The molecular formula is C26H31N5O5. The predicted molar refractivity (Wildman–Crippen MR) is 135 cm³/mol. The summed E-state index contributed by atoms with van der Waals surface area (Å²) in [5, 5.41) is 6.39. The van der Waals surface area contributed by atoms with Crippen molar-refractivity contribution in [2.75, 3.05) is 37.6 Å². The second kappa shape index (κ2) is 12.6. The summed E-state index contributed by atoms with van der Waals surface area (Å²) in [6.07, 6.45) is 3.82. The Labute approximate surface area is 210 Å². The molecular weight excluding hydrogens is 462 g/mol. The topological polar surface area (TPSA) is 117 Å². The molecule has 10 heteroatoms. The quantitative estimate of drug-likeness (QED) is 0.495. The van der Waals surface area contributed by atoms with E-state index in [4.69, 9.17) is 18.9 Å². The summed E-state index contributed by atoms with van der Waals surface area (Å²) in [6.45, 7) is 3.89. The molecule has 1 aromatic heterocycles. The molecule has 0 saturated carbocycles. The Morgan fingerprint density at radius 1 is 0.972 bits per heavy atom. The summed E-state index contributed by atoms with van der Waals surface area (Å²) >= 11 is 0. The molecule has 2 heterocycles. The fraction of sp³-hybridized carbons (Fsp3) is 0.385. The monoisotopic (exact) mass is 493 g/mol. The van der Waals surface area contributed by atoms with Gasteiger partial charge in [-0.05, 0) is 62.4 Å². The zero-order valence-corrected chi connectivity index (χ0v) is 20.6. The van der Waals surface area contributed by atoms with Gasteiger partial charge in [0, 0.05) is 18.3 Å². The lowest BCUT2D eigenvalue weighted by Gasteiger charge is -2.14. The zero-order chi connectivity index (χ0) is 25.2. The molecule has 2 N–H and O–H groups in total. The van der Waals surface area contributed by atoms with E-state index in [9.17, 15) is 4.79 Å². The molecule has 0 spiro atoms. The van der Waals surface area contributed by atoms with E-state index in [0.717, 1.165) is 37.0 Å². The highest BCUT2D eigenvalue weighted by Gasteiger charge is 2.15. The van der Waals surface area contributed by atoms with Crippen LogP contribution in [0.15, 0.2) is 42.5 Å². The normalized spacial score (nSPS) is 14.2. The van der Waals surface area contributed by atoms with Gasteiger partial charge < -0.3 is 29.6 Å². The zero-order valence-electron chi connectivity index (χ0n) is 20.6. The Morgan fingerprint density at radius 2 is 1.78 bits per heavy atom. The SMILES string of the molecule is CCOc1nc2nc(n1)Nc1ccc(C(=O)OC)c(c1)OCCCCCCOc1cccc(c1)CN2. The number of hydrogen-bond donors (Lipinski definition) is 2. The molecule has 0 fully saturated rings. The summed E-state index contributed by atoms with van der Waals surface area (Å²) in [6, 6.07) is 13.3. The maximum absolute atomic E-state index is 12.3. The molecule has 2 aromatic carbocycles. The van der Waals surface area contributed by atoms with Crippen molar-refractivity contribution in [1.29, 1.82) is 0 Å². The summed E-state index contributed by atoms with van der Waals surface area (Å²) < 4.78 is 22.3. The van der Waals surface area contributed by atoms with Crippen LogP contribution in [-0.2, 0) is 11.3 Å². The first-order valence-electron chi connectivity index (χ1n) is 12.1. The Bertz CT molecular complexity index is 1170. The average Bonchev–Trinajstić information content (AvgIpc) is 2.88. The van der Waals surface area contributed by atoms with Gasteiger partial charge in [-0.25, -0.2) is 4.79 Å². The van der Waals surface area contributed by atoms with E-state index >= 15 is 0 Å². The molecule has 6 bridgehead atoms. The number of fused-ring (bicyclic) bond motifs is 6. The lowest BCUT2D eigenvalue weighted by molar-refractivity contribution is 0.0596. The van der Waals surface area contributed by atoms with Crippen molar-refractivity contribution < 1.29 is 23.7 Å². The molecule has 1 aliphatic heterocycles. The Hall–Kier alpha value is -4.08. The van der Waals surface area contributed by atoms with Crippen LogP contribution in [0.2, 0.25) is 0 Å². The number of nitrogens with one attached hydrogen (secondary N) is 2. The Balaban J connectivity index is 1.63. The van der Waals surface area contributed by atoms with E-state index in [1.54, 1.807) is 18.2 Å². The van der Waals surface area contributed by atoms with Crippen molar-refractivity contribution in [3.8, 4) is 17.5 Å². The van der Waals surface area contributed by atoms with E-state index in [1.807, 2.05) is 31.2 Å². The number of nitrogens with zero attached hydrogens (tertiary/aromatic N) is 3. The molecule has 0 radical (unpaired) electrons. The number of rotatable bonds is 3. The summed E-state index contributed by atoms with van der Waals surface area (Å²) in [5.74, 6) is 1.45. The number of benzene rings is 2. The van der Waals surface area contributed by atoms with Crippen LogP contribution < -0.4 is 24.8 Å². The molecule has 36 heavy (non-hydrogen) atoms. The highest BCUT2D eigenvalue weighted by Crippen LogP contribution is 2.27. The number of carbonyl (C=O) groups is 1. The fourth-order valence-electron chi connectivity index (χ4n) is 3.67. The molecule has 0 aliphatic carbocycles. The molecule has 3 aromatic rings. The first-order valence-corrected chi connectivity index (χ1v) is 12.1. The maximum Gasteiger partial charge on any atom is 0.341 e. The first kappa shape index (κ1) is 25.0. The third-order valence-electron chi connectivity index (χ3n) is 5.45. The number of methoxy groups -OCH3 is 1. The van der Waals surface area contributed by atoms with E-state index in [-0.39, 0.29) is 6.01 Å². The number of ether oxygens (including phenoxy) is 4. The van der Waals surface area contributed by atoms with Crippen molar-refractivity contribution in [2.45, 2.75) is 39.2 Å². The van der Waals surface area contributed by atoms with Gasteiger partial charge in [0.1, 0.15) is 17.1 Å². The van der Waals surface area contributed by atoms with Crippen molar-refractivity contribution in [3.63, 3.8) is 0 Å². The average molecular weight is 494 g/mol. The number of anilines is 3. The smallest absolute Gasteiger partial charge is 0.341 e. The molecule has 0 unspecified atom stereocenters. The minimum atomic E-state index is -0.461. The first-order chi connectivity index (χ1) is 17.6. The van der Waals surface area contributed by atoms with Crippen LogP contribution >= 0.6 is 0 Å². The molecule has 0 saturated heterocycles. The molecule has 1 aliphatic rings. The number of aromatic nitrogens is 3. The summed E-state index contributed by atoms with van der Waals surface area (Å²) in [5.41, 5.74) is 2.04. The minimum Gasteiger partial charge on any atom is -0.494 e. The van der Waals surface area contributed by atoms with Crippen LogP contribution in [0.5, 0.6) is 17.5 Å². The van der Waals surface area contributed by atoms with Gasteiger partial charge in [-0.2, -0.15) is 15.0 Å². The third kappa shape index (κ3) is 6.97. The van der Waals surface area contributed by atoms with Crippen LogP contribution in [0.1, 0.15) is 48.5 Å². The summed E-state index contributed by atoms with van der Waals surface area (Å²) in [4.78, 5) is 25.4. The summed E-state index contributed by atoms with van der Waals surface area (Å²) in [7, 11) is 1.35. The Morgan fingerprint density at radius 3 is 2.58 bits per heavy atom. The molecule has 0 atom stereocenters. The molecule has 4 rings (SSSR count). The molecule has 0 amide bonds. The van der Waals surface area contributed by atoms with Crippen molar-refractivity contribution >= 4 is 23.6 Å². The van der Waals surface area contributed by atoms with E-state index in [1.165, 1.54) is 7.11 Å². The van der Waals surface area contributed by atoms with Gasteiger partial charge in [0.05, 0.1) is 26.9 Å².